The van der Waals surface area contributed by atoms with Gasteiger partial charge in [0, 0.05) is 6.42 Å². The molecular weight excluding hydrogens is 160 g/mol. The average Bonchev–Trinajstić information content (AvgIpc) is 2.04. The molecule has 0 amide bonds. The van der Waals surface area contributed by atoms with Crippen molar-refractivity contribution in [3.63, 3.8) is 0 Å². The van der Waals surface area contributed by atoms with Gasteiger partial charge in [-0.1, -0.05) is 39.0 Å². The summed E-state index contributed by atoms with van der Waals surface area (Å²) < 4.78 is 0. The lowest BCUT2D eigenvalue weighted by Gasteiger charge is -2.24. The maximum Gasteiger partial charge on any atom is 0.130 e. The van der Waals surface area contributed by atoms with Crippen molar-refractivity contribution in [1.82, 2.24) is 0 Å². The number of carbonyl (C=O) groups excluding carboxylic acids is 1. The zero-order valence-electron chi connectivity index (χ0n) is 9.01. The van der Waals surface area contributed by atoms with Gasteiger partial charge >= 0.3 is 0 Å². The van der Waals surface area contributed by atoms with Gasteiger partial charge in [0.1, 0.15) is 5.78 Å². The summed E-state index contributed by atoms with van der Waals surface area (Å²) in [6.07, 6.45) is 9.13. The summed E-state index contributed by atoms with van der Waals surface area (Å²) in [7, 11) is 0. The molecule has 1 atom stereocenters. The molecule has 0 N–H and O–H groups in total. The van der Waals surface area contributed by atoms with E-state index in [2.05, 4.69) is 6.92 Å². The highest BCUT2D eigenvalue weighted by molar-refractivity contribution is 5.75. The van der Waals surface area contributed by atoms with Gasteiger partial charge in [0.2, 0.25) is 0 Å². The fourth-order valence-electron chi connectivity index (χ4n) is 2.57. The Morgan fingerprint density at radius 3 is 2.46 bits per heavy atom. The van der Waals surface area contributed by atoms with Crippen molar-refractivity contribution in [2.75, 3.05) is 0 Å². The van der Waals surface area contributed by atoms with Crippen molar-refractivity contribution >= 4 is 5.78 Å². The van der Waals surface area contributed by atoms with Gasteiger partial charge in [0.25, 0.3) is 0 Å². The Kier molecular flexibility index (Phi) is 4.47. The van der Waals surface area contributed by atoms with E-state index >= 15 is 0 Å². The van der Waals surface area contributed by atoms with Crippen LogP contribution in [0.3, 0.4) is 0 Å². The third-order valence-corrected chi connectivity index (χ3v) is 3.10. The molecule has 13 heavy (non-hydrogen) atoms. The molecule has 0 heterocycles. The first-order valence-corrected chi connectivity index (χ1v) is 5.68. The lowest BCUT2D eigenvalue weighted by molar-refractivity contribution is -0.117. The molecule has 1 nitrogen and oxygen atoms in total. The minimum atomic E-state index is 0.350. The first-order chi connectivity index (χ1) is 6.18. The minimum Gasteiger partial charge on any atom is -0.300 e. The first-order valence-electron chi connectivity index (χ1n) is 5.68. The van der Waals surface area contributed by atoms with Gasteiger partial charge in [-0.2, -0.15) is 0 Å². The van der Waals surface area contributed by atoms with Crippen LogP contribution in [0.5, 0.6) is 0 Å². The van der Waals surface area contributed by atoms with Crippen LogP contribution < -0.4 is 0 Å². The number of hydrogen-bond acceptors (Lipinski definition) is 1. The summed E-state index contributed by atoms with van der Waals surface area (Å²) in [6.45, 7) is 3.92. The molecule has 1 fully saturated rings. The van der Waals surface area contributed by atoms with Gasteiger partial charge in [-0.15, -0.1) is 0 Å². The predicted molar refractivity (Wildman–Crippen MR) is 55.7 cm³/mol. The standard InChI is InChI=1S/C12H22O/c1-10(8-11(2)13)9-12-6-4-3-5-7-12/h10,12H,3-9H2,1-2H3/t10-/m0/s1. The average molecular weight is 182 g/mol. The van der Waals surface area contributed by atoms with E-state index in [0.29, 0.717) is 11.7 Å². The Balaban J connectivity index is 2.18. The van der Waals surface area contributed by atoms with E-state index in [1.807, 2.05) is 0 Å². The van der Waals surface area contributed by atoms with E-state index in [-0.39, 0.29) is 0 Å². The zero-order chi connectivity index (χ0) is 9.68. The number of rotatable bonds is 4. The number of ketones is 1. The fraction of sp³-hybridized carbons (Fsp3) is 0.917. The topological polar surface area (TPSA) is 17.1 Å². The lowest BCUT2D eigenvalue weighted by Crippen LogP contribution is -2.12. The van der Waals surface area contributed by atoms with Crippen LogP contribution in [-0.4, -0.2) is 5.78 Å². The van der Waals surface area contributed by atoms with E-state index in [0.717, 1.165) is 12.3 Å². The molecule has 0 saturated heterocycles. The molecule has 0 aromatic carbocycles. The van der Waals surface area contributed by atoms with Crippen LogP contribution in [0.1, 0.15) is 58.8 Å². The van der Waals surface area contributed by atoms with Gasteiger partial charge in [0.15, 0.2) is 0 Å². The second-order valence-corrected chi connectivity index (χ2v) is 4.75. The third kappa shape index (κ3) is 4.44. The fourth-order valence-corrected chi connectivity index (χ4v) is 2.57. The molecule has 0 aliphatic heterocycles. The summed E-state index contributed by atoms with van der Waals surface area (Å²) >= 11 is 0. The number of hydrogen-bond donors (Lipinski definition) is 0. The summed E-state index contributed by atoms with van der Waals surface area (Å²) in [5, 5.41) is 0. The molecule has 0 spiro atoms. The molecule has 1 aliphatic carbocycles. The molecule has 1 heteroatoms. The molecular formula is C12H22O. The van der Waals surface area contributed by atoms with Crippen LogP contribution in [0.4, 0.5) is 0 Å². The van der Waals surface area contributed by atoms with E-state index in [1.54, 1.807) is 6.92 Å². The van der Waals surface area contributed by atoms with Crippen LogP contribution in [0.15, 0.2) is 0 Å². The van der Waals surface area contributed by atoms with Gasteiger partial charge in [0.05, 0.1) is 0 Å². The lowest BCUT2D eigenvalue weighted by atomic mass is 9.82. The van der Waals surface area contributed by atoms with E-state index in [1.165, 1.54) is 38.5 Å². The van der Waals surface area contributed by atoms with Crippen LogP contribution in [0, 0.1) is 11.8 Å². The minimum absolute atomic E-state index is 0.350. The number of carbonyl (C=O) groups is 1. The molecule has 76 valence electrons. The van der Waals surface area contributed by atoms with Crippen LogP contribution in [0.25, 0.3) is 0 Å². The molecule has 0 bridgehead atoms. The van der Waals surface area contributed by atoms with E-state index < -0.39 is 0 Å². The largest absolute Gasteiger partial charge is 0.300 e. The molecule has 0 unspecified atom stereocenters. The molecule has 1 rings (SSSR count). The second kappa shape index (κ2) is 5.41. The Morgan fingerprint density at radius 2 is 1.92 bits per heavy atom. The van der Waals surface area contributed by atoms with Crippen LogP contribution in [-0.2, 0) is 4.79 Å². The monoisotopic (exact) mass is 182 g/mol. The van der Waals surface area contributed by atoms with Crippen LogP contribution in [0.2, 0.25) is 0 Å². The highest BCUT2D eigenvalue weighted by atomic mass is 16.1. The van der Waals surface area contributed by atoms with Gasteiger partial charge in [-0.3, -0.25) is 0 Å². The second-order valence-electron chi connectivity index (χ2n) is 4.75. The molecule has 0 aromatic rings. The van der Waals surface area contributed by atoms with Crippen molar-refractivity contribution < 1.29 is 4.79 Å². The highest BCUT2D eigenvalue weighted by Crippen LogP contribution is 2.29. The molecule has 0 radical (unpaired) electrons. The Bertz CT molecular complexity index is 157. The van der Waals surface area contributed by atoms with E-state index in [9.17, 15) is 4.79 Å². The van der Waals surface area contributed by atoms with Gasteiger partial charge in [-0.25, -0.2) is 0 Å². The van der Waals surface area contributed by atoms with Crippen LogP contribution >= 0.6 is 0 Å². The SMILES string of the molecule is CC(=O)C[C@H](C)CC1CCCCC1. The maximum atomic E-state index is 10.9. The summed E-state index contributed by atoms with van der Waals surface area (Å²) in [6, 6.07) is 0. The molecule has 1 aliphatic rings. The van der Waals surface area contributed by atoms with Crippen molar-refractivity contribution in [3.05, 3.63) is 0 Å². The van der Waals surface area contributed by atoms with E-state index in [4.69, 9.17) is 0 Å². The van der Waals surface area contributed by atoms with Crippen molar-refractivity contribution in [2.45, 2.75) is 58.8 Å². The number of Topliss-reactive ketones (excluding diaryl/α,β-unsaturated/α-hetero) is 1. The summed E-state index contributed by atoms with van der Waals surface area (Å²) in [5.74, 6) is 1.88. The summed E-state index contributed by atoms with van der Waals surface area (Å²) in [4.78, 5) is 10.9. The zero-order valence-corrected chi connectivity index (χ0v) is 9.01. The Hall–Kier alpha value is -0.330. The summed E-state index contributed by atoms with van der Waals surface area (Å²) in [5.41, 5.74) is 0. The predicted octanol–water partition coefficient (Wildman–Crippen LogP) is 3.57. The smallest absolute Gasteiger partial charge is 0.130 e. The quantitative estimate of drug-likeness (QED) is 0.649. The normalized spacial score (nSPS) is 21.4. The van der Waals surface area contributed by atoms with Gasteiger partial charge in [-0.05, 0) is 25.2 Å². The van der Waals surface area contributed by atoms with Crippen molar-refractivity contribution in [2.24, 2.45) is 11.8 Å². The van der Waals surface area contributed by atoms with Crippen molar-refractivity contribution in [1.29, 1.82) is 0 Å². The maximum absolute atomic E-state index is 10.9. The Morgan fingerprint density at radius 1 is 1.31 bits per heavy atom. The first kappa shape index (κ1) is 10.7. The van der Waals surface area contributed by atoms with Crippen molar-refractivity contribution in [3.8, 4) is 0 Å². The Labute approximate surface area is 81.9 Å². The molecule has 0 aromatic heterocycles. The highest BCUT2D eigenvalue weighted by Gasteiger charge is 2.16. The van der Waals surface area contributed by atoms with Gasteiger partial charge < -0.3 is 4.79 Å². The third-order valence-electron chi connectivity index (χ3n) is 3.10. The molecule has 1 saturated carbocycles.